The Bertz CT molecular complexity index is 1210. The van der Waals surface area contributed by atoms with Crippen molar-refractivity contribution in [2.24, 2.45) is 0 Å². The summed E-state index contributed by atoms with van der Waals surface area (Å²) >= 11 is 0. The fourth-order valence-electron chi connectivity index (χ4n) is 4.88. The van der Waals surface area contributed by atoms with Gasteiger partial charge in [-0.1, -0.05) is 12.1 Å². The van der Waals surface area contributed by atoms with Crippen molar-refractivity contribution in [1.29, 1.82) is 0 Å². The molecule has 1 aromatic heterocycles. The summed E-state index contributed by atoms with van der Waals surface area (Å²) in [6.45, 7) is 4.49. The first-order chi connectivity index (χ1) is 16.6. The van der Waals surface area contributed by atoms with E-state index in [1.54, 1.807) is 17.7 Å². The highest BCUT2D eigenvalue weighted by Crippen LogP contribution is 2.22. The number of anilines is 2. The zero-order chi connectivity index (χ0) is 23.5. The number of ether oxygens (including phenoxy) is 1. The molecular formula is C26H31N5O3. The van der Waals surface area contributed by atoms with Crippen LogP contribution in [0.3, 0.4) is 0 Å². The third kappa shape index (κ3) is 4.44. The maximum atomic E-state index is 13.4. The second kappa shape index (κ2) is 9.75. The largest absolute Gasteiger partial charge is 0.497 e. The maximum Gasteiger partial charge on any atom is 0.263 e. The van der Waals surface area contributed by atoms with E-state index in [4.69, 9.17) is 9.72 Å². The summed E-state index contributed by atoms with van der Waals surface area (Å²) in [4.78, 5) is 37.8. The Balaban J connectivity index is 1.34. The second-order valence-electron chi connectivity index (χ2n) is 8.93. The number of piperazine rings is 1. The van der Waals surface area contributed by atoms with Crippen molar-refractivity contribution in [3.05, 3.63) is 58.9 Å². The molecule has 0 spiro atoms. The van der Waals surface area contributed by atoms with Crippen molar-refractivity contribution in [2.45, 2.75) is 25.8 Å². The third-order valence-electron chi connectivity index (χ3n) is 6.84. The van der Waals surface area contributed by atoms with E-state index in [0.717, 1.165) is 50.5 Å². The molecule has 0 N–H and O–H groups in total. The summed E-state index contributed by atoms with van der Waals surface area (Å²) in [6, 6.07) is 15.4. The van der Waals surface area contributed by atoms with Gasteiger partial charge in [0.2, 0.25) is 11.9 Å². The molecule has 178 valence electrons. The van der Waals surface area contributed by atoms with Gasteiger partial charge in [0.15, 0.2) is 0 Å². The number of carbonyl (C=O) groups is 1. The second-order valence-corrected chi connectivity index (χ2v) is 8.93. The standard InChI is InChI=1S/C26H31N5O3/c1-34-21-11-9-20(10-12-21)28-15-17-29(18-16-28)24(32)19-31-25(33)22-7-3-4-8-23(22)27-26(31)30-13-5-2-6-14-30/h3-4,7-12H,2,5-6,13-19H2,1H3. The van der Waals surface area contributed by atoms with Crippen LogP contribution in [0.25, 0.3) is 10.9 Å². The number of fused-ring (bicyclic) bond motifs is 1. The SMILES string of the molecule is COc1ccc(N2CCN(C(=O)Cn3c(N4CCCCC4)nc4ccccc4c3=O)CC2)cc1. The van der Waals surface area contributed by atoms with Gasteiger partial charge in [0, 0.05) is 45.0 Å². The first-order valence-corrected chi connectivity index (χ1v) is 12.1. The van der Waals surface area contributed by atoms with Crippen molar-refractivity contribution in [3.8, 4) is 5.75 Å². The van der Waals surface area contributed by atoms with Crippen LogP contribution < -0.4 is 20.1 Å². The van der Waals surface area contributed by atoms with E-state index in [1.807, 2.05) is 47.4 Å². The van der Waals surface area contributed by atoms with Gasteiger partial charge in [-0.15, -0.1) is 0 Å². The Morgan fingerprint density at radius 3 is 2.29 bits per heavy atom. The molecule has 8 heteroatoms. The van der Waals surface area contributed by atoms with Gasteiger partial charge in [0.05, 0.1) is 18.0 Å². The number of aromatic nitrogens is 2. The smallest absolute Gasteiger partial charge is 0.263 e. The highest BCUT2D eigenvalue weighted by atomic mass is 16.5. The predicted molar refractivity (Wildman–Crippen MR) is 134 cm³/mol. The molecular weight excluding hydrogens is 430 g/mol. The lowest BCUT2D eigenvalue weighted by Crippen LogP contribution is -2.50. The number of hydrogen-bond acceptors (Lipinski definition) is 6. The lowest BCUT2D eigenvalue weighted by molar-refractivity contribution is -0.132. The molecule has 0 bridgehead atoms. The summed E-state index contributed by atoms with van der Waals surface area (Å²) < 4.78 is 6.83. The summed E-state index contributed by atoms with van der Waals surface area (Å²) in [5.41, 5.74) is 1.66. The summed E-state index contributed by atoms with van der Waals surface area (Å²) in [7, 11) is 1.66. The Morgan fingerprint density at radius 1 is 0.882 bits per heavy atom. The normalized spacial score (nSPS) is 16.7. The van der Waals surface area contributed by atoms with E-state index in [9.17, 15) is 9.59 Å². The molecule has 0 unspecified atom stereocenters. The molecule has 3 heterocycles. The molecule has 3 aromatic rings. The maximum absolute atomic E-state index is 13.4. The molecule has 0 saturated carbocycles. The van der Waals surface area contributed by atoms with E-state index in [1.165, 1.54) is 6.42 Å². The minimum absolute atomic E-state index is 0.0189. The average Bonchev–Trinajstić information content (AvgIpc) is 2.91. The predicted octanol–water partition coefficient (Wildman–Crippen LogP) is 2.74. The molecule has 34 heavy (non-hydrogen) atoms. The number of benzene rings is 2. The van der Waals surface area contributed by atoms with Crippen LogP contribution in [0.5, 0.6) is 5.75 Å². The average molecular weight is 462 g/mol. The molecule has 0 atom stereocenters. The number of hydrogen-bond donors (Lipinski definition) is 0. The first-order valence-electron chi connectivity index (χ1n) is 12.1. The van der Waals surface area contributed by atoms with Gasteiger partial charge in [0.1, 0.15) is 12.3 Å². The number of nitrogens with zero attached hydrogens (tertiary/aromatic N) is 5. The van der Waals surface area contributed by atoms with Gasteiger partial charge in [-0.2, -0.15) is 0 Å². The van der Waals surface area contributed by atoms with Crippen molar-refractivity contribution in [1.82, 2.24) is 14.5 Å². The van der Waals surface area contributed by atoms with Gasteiger partial charge in [0.25, 0.3) is 5.56 Å². The quantitative estimate of drug-likeness (QED) is 0.582. The van der Waals surface area contributed by atoms with E-state index in [2.05, 4.69) is 9.80 Å². The van der Waals surface area contributed by atoms with Crippen molar-refractivity contribution in [2.75, 3.05) is 56.2 Å². The Hall–Kier alpha value is -3.55. The fourth-order valence-corrected chi connectivity index (χ4v) is 4.88. The van der Waals surface area contributed by atoms with Crippen LogP contribution in [-0.4, -0.2) is 66.7 Å². The fraction of sp³-hybridized carbons (Fsp3) is 0.423. The Kier molecular flexibility index (Phi) is 6.38. The van der Waals surface area contributed by atoms with Gasteiger partial charge in [-0.25, -0.2) is 4.98 Å². The molecule has 1 amide bonds. The number of para-hydroxylation sites is 1. The van der Waals surface area contributed by atoms with Crippen LogP contribution in [0.15, 0.2) is 53.3 Å². The van der Waals surface area contributed by atoms with Crippen molar-refractivity contribution < 1.29 is 9.53 Å². The van der Waals surface area contributed by atoms with Crippen LogP contribution in [0.2, 0.25) is 0 Å². The van der Waals surface area contributed by atoms with Crippen molar-refractivity contribution in [3.63, 3.8) is 0 Å². The number of carbonyl (C=O) groups excluding carboxylic acids is 1. The van der Waals surface area contributed by atoms with Gasteiger partial charge in [-0.05, 0) is 55.7 Å². The van der Waals surface area contributed by atoms with Crippen LogP contribution >= 0.6 is 0 Å². The number of methoxy groups -OCH3 is 1. The van der Waals surface area contributed by atoms with Crippen LogP contribution in [0, 0.1) is 0 Å². The number of rotatable bonds is 5. The molecule has 2 saturated heterocycles. The first kappa shape index (κ1) is 22.3. The lowest BCUT2D eigenvalue weighted by Gasteiger charge is -2.36. The molecule has 2 fully saturated rings. The highest BCUT2D eigenvalue weighted by molar-refractivity contribution is 5.81. The monoisotopic (exact) mass is 461 g/mol. The Labute approximate surface area is 199 Å². The molecule has 5 rings (SSSR count). The third-order valence-corrected chi connectivity index (χ3v) is 6.84. The van der Waals surface area contributed by atoms with Crippen LogP contribution in [0.4, 0.5) is 11.6 Å². The van der Waals surface area contributed by atoms with Crippen LogP contribution in [-0.2, 0) is 11.3 Å². The molecule has 0 radical (unpaired) electrons. The number of piperidine rings is 1. The zero-order valence-corrected chi connectivity index (χ0v) is 19.7. The molecule has 2 aromatic carbocycles. The zero-order valence-electron chi connectivity index (χ0n) is 19.7. The highest BCUT2D eigenvalue weighted by Gasteiger charge is 2.25. The van der Waals surface area contributed by atoms with Crippen LogP contribution in [0.1, 0.15) is 19.3 Å². The van der Waals surface area contributed by atoms with Gasteiger partial charge < -0.3 is 19.4 Å². The minimum Gasteiger partial charge on any atom is -0.497 e. The summed E-state index contributed by atoms with van der Waals surface area (Å²) in [6.07, 6.45) is 3.33. The molecule has 2 aliphatic rings. The lowest BCUT2D eigenvalue weighted by atomic mass is 10.1. The van der Waals surface area contributed by atoms with E-state index in [-0.39, 0.29) is 18.0 Å². The van der Waals surface area contributed by atoms with E-state index < -0.39 is 0 Å². The summed E-state index contributed by atoms with van der Waals surface area (Å²) in [5.74, 6) is 1.41. The Morgan fingerprint density at radius 2 is 1.59 bits per heavy atom. The molecule has 8 nitrogen and oxygen atoms in total. The van der Waals surface area contributed by atoms with E-state index in [0.29, 0.717) is 29.9 Å². The van der Waals surface area contributed by atoms with E-state index >= 15 is 0 Å². The minimum atomic E-state index is -0.142. The van der Waals surface area contributed by atoms with Crippen molar-refractivity contribution >= 4 is 28.4 Å². The molecule has 0 aliphatic carbocycles. The summed E-state index contributed by atoms with van der Waals surface area (Å²) in [5, 5.41) is 0.556. The van der Waals surface area contributed by atoms with Gasteiger partial charge in [-0.3, -0.25) is 14.2 Å². The number of amides is 1. The molecule has 2 aliphatic heterocycles. The van der Waals surface area contributed by atoms with Gasteiger partial charge >= 0.3 is 0 Å². The topological polar surface area (TPSA) is 70.9 Å².